The fourth-order valence-corrected chi connectivity index (χ4v) is 3.92. The van der Waals surface area contributed by atoms with E-state index >= 15 is 0 Å². The first-order valence-corrected chi connectivity index (χ1v) is 8.22. The van der Waals surface area contributed by atoms with Crippen LogP contribution in [0.25, 0.3) is 10.2 Å². The summed E-state index contributed by atoms with van der Waals surface area (Å²) in [6.07, 6.45) is 0. The van der Waals surface area contributed by atoms with E-state index in [1.165, 1.54) is 10.4 Å². The number of likely N-dealkylation sites (N-methyl/N-ethyl adjacent to an activating group) is 1. The summed E-state index contributed by atoms with van der Waals surface area (Å²) in [4.78, 5) is 16.4. The summed E-state index contributed by atoms with van der Waals surface area (Å²) in [5.41, 5.74) is 7.37. The highest BCUT2D eigenvalue weighted by Gasteiger charge is 2.22. The van der Waals surface area contributed by atoms with Crippen LogP contribution in [0, 0.1) is 13.8 Å². The maximum Gasteiger partial charge on any atom is 0.146 e. The molecule has 3 heterocycles. The second-order valence-electron chi connectivity index (χ2n) is 6.05. The van der Waals surface area contributed by atoms with Gasteiger partial charge < -0.3 is 10.6 Å². The molecule has 0 amide bonds. The minimum absolute atomic E-state index is 0.575. The summed E-state index contributed by atoms with van der Waals surface area (Å²) in [6.45, 7) is 10.5. The average Bonchev–Trinajstić information content (AvgIpc) is 2.70. The summed E-state index contributed by atoms with van der Waals surface area (Å²) >= 11 is 1.71. The Morgan fingerprint density at radius 1 is 1.29 bits per heavy atom. The maximum absolute atomic E-state index is 6.15. The zero-order valence-corrected chi connectivity index (χ0v) is 14.0. The van der Waals surface area contributed by atoms with Gasteiger partial charge >= 0.3 is 0 Å². The lowest BCUT2D eigenvalue weighted by Gasteiger charge is -2.37. The number of fused-ring (bicyclic) bond motifs is 1. The normalized spacial score (nSPS) is 21.2. The van der Waals surface area contributed by atoms with Gasteiger partial charge in [-0.25, -0.2) is 9.97 Å². The van der Waals surface area contributed by atoms with Gasteiger partial charge in [0.2, 0.25) is 0 Å². The van der Waals surface area contributed by atoms with Crippen LogP contribution in [-0.2, 0) is 6.54 Å². The van der Waals surface area contributed by atoms with E-state index in [-0.39, 0.29) is 0 Å². The zero-order valence-electron chi connectivity index (χ0n) is 13.2. The van der Waals surface area contributed by atoms with E-state index in [4.69, 9.17) is 10.7 Å². The second-order valence-corrected chi connectivity index (χ2v) is 7.26. The molecule has 6 heteroatoms. The van der Waals surface area contributed by atoms with Gasteiger partial charge in [-0.3, -0.25) is 4.90 Å². The van der Waals surface area contributed by atoms with Crippen LogP contribution in [0.15, 0.2) is 0 Å². The van der Waals surface area contributed by atoms with Crippen molar-refractivity contribution >= 4 is 27.4 Å². The van der Waals surface area contributed by atoms with Crippen LogP contribution in [-0.4, -0.2) is 52.5 Å². The van der Waals surface area contributed by atoms with E-state index in [1.807, 2.05) is 0 Å². The smallest absolute Gasteiger partial charge is 0.146 e. The SMILES string of the molecule is Cc1sc2nc(CN3CCN(C)C(C)C3)nc(N)c2c1C. The number of hydrogen-bond donors (Lipinski definition) is 1. The highest BCUT2D eigenvalue weighted by atomic mass is 32.1. The van der Waals surface area contributed by atoms with Gasteiger partial charge in [0.05, 0.1) is 11.9 Å². The van der Waals surface area contributed by atoms with Crippen LogP contribution in [0.1, 0.15) is 23.2 Å². The van der Waals surface area contributed by atoms with E-state index in [0.717, 1.165) is 42.2 Å². The van der Waals surface area contributed by atoms with Gasteiger partial charge in [-0.1, -0.05) is 0 Å². The molecule has 1 fully saturated rings. The lowest BCUT2D eigenvalue weighted by Crippen LogP contribution is -2.49. The van der Waals surface area contributed by atoms with Gasteiger partial charge in [0.25, 0.3) is 0 Å². The molecule has 5 nitrogen and oxygen atoms in total. The third-order valence-corrected chi connectivity index (χ3v) is 5.61. The van der Waals surface area contributed by atoms with Crippen molar-refractivity contribution < 1.29 is 0 Å². The molecular weight excluding hydrogens is 282 g/mol. The molecule has 1 unspecified atom stereocenters. The van der Waals surface area contributed by atoms with Crippen LogP contribution < -0.4 is 5.73 Å². The monoisotopic (exact) mass is 305 g/mol. The first-order valence-electron chi connectivity index (χ1n) is 7.40. The molecule has 21 heavy (non-hydrogen) atoms. The number of nitrogens with two attached hydrogens (primary N) is 1. The topological polar surface area (TPSA) is 58.3 Å². The molecule has 2 N–H and O–H groups in total. The molecule has 0 bridgehead atoms. The predicted molar refractivity (Wildman–Crippen MR) is 88.7 cm³/mol. The summed E-state index contributed by atoms with van der Waals surface area (Å²) in [5, 5.41) is 1.04. The molecule has 0 radical (unpaired) electrons. The summed E-state index contributed by atoms with van der Waals surface area (Å²) in [5.74, 6) is 1.47. The highest BCUT2D eigenvalue weighted by Crippen LogP contribution is 2.32. The number of thiophene rings is 1. The average molecular weight is 305 g/mol. The van der Waals surface area contributed by atoms with E-state index < -0.39 is 0 Å². The summed E-state index contributed by atoms with van der Waals surface area (Å²) in [7, 11) is 2.18. The van der Waals surface area contributed by atoms with Crippen molar-refractivity contribution in [3.05, 3.63) is 16.3 Å². The standard InChI is InChI=1S/C15H23N5S/c1-9-7-20(6-5-19(9)4)8-12-17-14(16)13-10(2)11(3)21-15(13)18-12/h9H,5-8H2,1-4H3,(H2,16,17,18). The second kappa shape index (κ2) is 5.51. The van der Waals surface area contributed by atoms with Crippen molar-refractivity contribution in [3.8, 4) is 0 Å². The maximum atomic E-state index is 6.15. The first kappa shape index (κ1) is 14.7. The Labute approximate surface area is 129 Å². The van der Waals surface area contributed by atoms with Crippen molar-refractivity contribution in [1.82, 2.24) is 19.8 Å². The van der Waals surface area contributed by atoms with E-state index in [2.05, 4.69) is 42.6 Å². The Bertz CT molecular complexity index is 666. The number of nitrogen functional groups attached to an aromatic ring is 1. The predicted octanol–water partition coefficient (Wildman–Crippen LogP) is 2.03. The number of nitrogens with zero attached hydrogens (tertiary/aromatic N) is 4. The third kappa shape index (κ3) is 2.75. The Morgan fingerprint density at radius 3 is 2.76 bits per heavy atom. The molecule has 0 saturated carbocycles. The molecule has 0 aromatic carbocycles. The Balaban J connectivity index is 1.85. The molecular formula is C15H23N5S. The Kier molecular flexibility index (Phi) is 3.86. The minimum atomic E-state index is 0.575. The van der Waals surface area contributed by atoms with Crippen LogP contribution in [0.5, 0.6) is 0 Å². The fraction of sp³-hybridized carbons (Fsp3) is 0.600. The molecule has 0 spiro atoms. The largest absolute Gasteiger partial charge is 0.383 e. The number of aromatic nitrogens is 2. The Morgan fingerprint density at radius 2 is 2.05 bits per heavy atom. The number of anilines is 1. The molecule has 1 aliphatic rings. The first-order chi connectivity index (χ1) is 9.95. The van der Waals surface area contributed by atoms with E-state index in [0.29, 0.717) is 11.9 Å². The zero-order chi connectivity index (χ0) is 15.1. The van der Waals surface area contributed by atoms with E-state index in [1.54, 1.807) is 11.3 Å². The van der Waals surface area contributed by atoms with Gasteiger partial charge in [0.15, 0.2) is 0 Å². The van der Waals surface area contributed by atoms with Crippen molar-refractivity contribution in [2.45, 2.75) is 33.4 Å². The lowest BCUT2D eigenvalue weighted by molar-refractivity contribution is 0.0981. The van der Waals surface area contributed by atoms with Crippen LogP contribution in [0.3, 0.4) is 0 Å². The van der Waals surface area contributed by atoms with Crippen molar-refractivity contribution in [2.75, 3.05) is 32.4 Å². The van der Waals surface area contributed by atoms with Gasteiger partial charge in [0.1, 0.15) is 16.5 Å². The van der Waals surface area contributed by atoms with Gasteiger partial charge in [0, 0.05) is 30.6 Å². The number of rotatable bonds is 2. The molecule has 0 aliphatic carbocycles. The number of piperazine rings is 1. The molecule has 3 rings (SSSR count). The van der Waals surface area contributed by atoms with Crippen LogP contribution >= 0.6 is 11.3 Å². The Hall–Kier alpha value is -1.24. The van der Waals surface area contributed by atoms with Gasteiger partial charge in [-0.05, 0) is 33.4 Å². The van der Waals surface area contributed by atoms with Crippen molar-refractivity contribution in [3.63, 3.8) is 0 Å². The van der Waals surface area contributed by atoms with Crippen LogP contribution in [0.4, 0.5) is 5.82 Å². The van der Waals surface area contributed by atoms with E-state index in [9.17, 15) is 0 Å². The van der Waals surface area contributed by atoms with Gasteiger partial charge in [-0.2, -0.15) is 0 Å². The summed E-state index contributed by atoms with van der Waals surface area (Å²) in [6, 6.07) is 0.575. The van der Waals surface area contributed by atoms with Gasteiger partial charge in [-0.15, -0.1) is 11.3 Å². The number of aryl methyl sites for hydroxylation is 2. The molecule has 114 valence electrons. The molecule has 2 aromatic rings. The molecule has 1 aliphatic heterocycles. The lowest BCUT2D eigenvalue weighted by atomic mass is 10.2. The highest BCUT2D eigenvalue weighted by molar-refractivity contribution is 7.18. The summed E-state index contributed by atoms with van der Waals surface area (Å²) < 4.78 is 0. The van der Waals surface area contributed by atoms with Crippen molar-refractivity contribution in [2.24, 2.45) is 0 Å². The third-order valence-electron chi connectivity index (χ3n) is 4.51. The molecule has 1 atom stereocenters. The molecule has 2 aromatic heterocycles. The number of hydrogen-bond acceptors (Lipinski definition) is 6. The fourth-order valence-electron chi connectivity index (χ4n) is 2.86. The quantitative estimate of drug-likeness (QED) is 0.920. The van der Waals surface area contributed by atoms with Crippen molar-refractivity contribution in [1.29, 1.82) is 0 Å². The van der Waals surface area contributed by atoms with Crippen LogP contribution in [0.2, 0.25) is 0 Å². The minimum Gasteiger partial charge on any atom is -0.383 e. The molecule has 1 saturated heterocycles.